The van der Waals surface area contributed by atoms with Gasteiger partial charge in [0.15, 0.2) is 0 Å². The molecule has 1 fully saturated rings. The number of hydrogen-bond donors (Lipinski definition) is 2. The van der Waals surface area contributed by atoms with E-state index in [-0.39, 0.29) is 5.60 Å². The fourth-order valence-corrected chi connectivity index (χ4v) is 3.38. The van der Waals surface area contributed by atoms with Crippen molar-refractivity contribution in [2.75, 3.05) is 26.2 Å². The Labute approximate surface area is 117 Å². The second-order valence-corrected chi connectivity index (χ2v) is 6.06. The van der Waals surface area contributed by atoms with Gasteiger partial charge in [0.2, 0.25) is 0 Å². The number of aromatic amines is 1. The molecule has 1 spiro atoms. The molecule has 7 nitrogen and oxygen atoms in total. The van der Waals surface area contributed by atoms with Gasteiger partial charge in [0.25, 0.3) is 0 Å². The molecule has 1 aromatic heterocycles. The molecule has 7 heteroatoms. The molecule has 0 aromatic carbocycles. The van der Waals surface area contributed by atoms with Crippen LogP contribution in [-0.2, 0) is 17.8 Å². The van der Waals surface area contributed by atoms with Gasteiger partial charge in [0.05, 0.1) is 17.1 Å². The van der Waals surface area contributed by atoms with E-state index in [9.17, 15) is 0 Å². The van der Waals surface area contributed by atoms with E-state index in [1.165, 1.54) is 11.4 Å². The van der Waals surface area contributed by atoms with E-state index in [0.29, 0.717) is 0 Å². The Kier molecular flexibility index (Phi) is 2.96. The lowest BCUT2D eigenvalue weighted by atomic mass is 9.87. The topological polar surface area (TPSA) is 78.4 Å². The van der Waals surface area contributed by atoms with E-state index < -0.39 is 0 Å². The average molecular weight is 276 g/mol. The number of piperidine rings is 1. The zero-order valence-electron chi connectivity index (χ0n) is 11.6. The summed E-state index contributed by atoms with van der Waals surface area (Å²) in [6.45, 7) is 4.86. The molecule has 0 unspecified atom stereocenters. The molecule has 4 heterocycles. The average Bonchev–Trinajstić information content (AvgIpc) is 3.07. The molecule has 4 rings (SSSR count). The zero-order valence-corrected chi connectivity index (χ0v) is 11.6. The first kappa shape index (κ1) is 12.3. The molecule has 0 radical (unpaired) electrons. The van der Waals surface area contributed by atoms with Crippen molar-refractivity contribution in [2.24, 2.45) is 5.16 Å². The SMILES string of the molecule is C1CC2(CCN1)CC(CN1CCc3[nH]nnc3C1)=NO2. The fourth-order valence-electron chi connectivity index (χ4n) is 3.38. The van der Waals surface area contributed by atoms with Gasteiger partial charge < -0.3 is 10.2 Å². The van der Waals surface area contributed by atoms with Gasteiger partial charge in [-0.2, -0.15) is 0 Å². The Hall–Kier alpha value is -1.47. The third-order valence-corrected chi connectivity index (χ3v) is 4.57. The van der Waals surface area contributed by atoms with Crippen LogP contribution in [0.2, 0.25) is 0 Å². The predicted molar refractivity (Wildman–Crippen MR) is 73.3 cm³/mol. The molecule has 1 saturated heterocycles. The van der Waals surface area contributed by atoms with Crippen LogP contribution in [0.4, 0.5) is 0 Å². The Morgan fingerprint density at radius 3 is 3.10 bits per heavy atom. The maximum absolute atomic E-state index is 5.78. The minimum atomic E-state index is -0.0184. The molecule has 0 amide bonds. The minimum absolute atomic E-state index is 0.0184. The van der Waals surface area contributed by atoms with Gasteiger partial charge in [-0.3, -0.25) is 10.00 Å². The van der Waals surface area contributed by atoms with E-state index in [2.05, 4.69) is 30.8 Å². The van der Waals surface area contributed by atoms with E-state index >= 15 is 0 Å². The molecule has 2 N–H and O–H groups in total. The molecule has 108 valence electrons. The van der Waals surface area contributed by atoms with Crippen LogP contribution in [0.15, 0.2) is 5.16 Å². The number of nitrogens with one attached hydrogen (secondary N) is 2. The Morgan fingerprint density at radius 2 is 2.20 bits per heavy atom. The maximum atomic E-state index is 5.78. The Bertz CT molecular complexity index is 519. The highest BCUT2D eigenvalue weighted by molar-refractivity contribution is 5.88. The maximum Gasteiger partial charge on any atom is 0.145 e. The molecular weight excluding hydrogens is 256 g/mol. The van der Waals surface area contributed by atoms with Crippen LogP contribution in [0, 0.1) is 0 Å². The number of rotatable bonds is 2. The van der Waals surface area contributed by atoms with Crippen molar-refractivity contribution in [3.63, 3.8) is 0 Å². The van der Waals surface area contributed by atoms with Crippen LogP contribution in [0.25, 0.3) is 0 Å². The zero-order chi connectivity index (χ0) is 13.4. The first-order valence-corrected chi connectivity index (χ1v) is 7.39. The monoisotopic (exact) mass is 276 g/mol. The molecule has 0 bridgehead atoms. The summed E-state index contributed by atoms with van der Waals surface area (Å²) in [6.07, 6.45) is 4.10. The molecule has 1 aromatic rings. The van der Waals surface area contributed by atoms with Crippen LogP contribution in [0.1, 0.15) is 30.7 Å². The Balaban J connectivity index is 1.37. The lowest BCUT2D eigenvalue weighted by molar-refractivity contribution is -0.0400. The standard InChI is InChI=1S/C13H20N6O/c1-6-19(9-12-11(1)15-18-16-12)8-10-7-13(20-17-10)2-4-14-5-3-13/h14H,1-9H2,(H,15,16,18). The van der Waals surface area contributed by atoms with Gasteiger partial charge >= 0.3 is 0 Å². The first-order chi connectivity index (χ1) is 9.83. The van der Waals surface area contributed by atoms with Gasteiger partial charge in [0.1, 0.15) is 5.60 Å². The highest BCUT2D eigenvalue weighted by Gasteiger charge is 2.40. The lowest BCUT2D eigenvalue weighted by Gasteiger charge is -2.31. The molecule has 3 aliphatic rings. The summed E-state index contributed by atoms with van der Waals surface area (Å²) in [4.78, 5) is 8.16. The predicted octanol–water partition coefficient (Wildman–Crippen LogP) is 0.0613. The third-order valence-electron chi connectivity index (χ3n) is 4.57. The van der Waals surface area contributed by atoms with E-state index in [1.807, 2.05) is 0 Å². The van der Waals surface area contributed by atoms with Crippen molar-refractivity contribution in [2.45, 2.75) is 37.8 Å². The second-order valence-electron chi connectivity index (χ2n) is 6.06. The largest absolute Gasteiger partial charge is 0.389 e. The molecular formula is C13H20N6O. The number of hydrogen-bond acceptors (Lipinski definition) is 6. The van der Waals surface area contributed by atoms with Crippen LogP contribution in [-0.4, -0.2) is 57.8 Å². The van der Waals surface area contributed by atoms with E-state index in [1.54, 1.807) is 0 Å². The normalized spacial score (nSPS) is 25.3. The second kappa shape index (κ2) is 4.82. The van der Waals surface area contributed by atoms with Crippen LogP contribution < -0.4 is 5.32 Å². The summed E-state index contributed by atoms with van der Waals surface area (Å²) < 4.78 is 0. The van der Waals surface area contributed by atoms with Crippen molar-refractivity contribution in [1.29, 1.82) is 0 Å². The number of H-pyrrole nitrogens is 1. The molecule has 3 aliphatic heterocycles. The number of fused-ring (bicyclic) bond motifs is 1. The summed E-state index contributed by atoms with van der Waals surface area (Å²) in [5.74, 6) is 0. The van der Waals surface area contributed by atoms with Crippen molar-refractivity contribution in [3.8, 4) is 0 Å². The fraction of sp³-hybridized carbons (Fsp3) is 0.769. The van der Waals surface area contributed by atoms with Crippen LogP contribution in [0.5, 0.6) is 0 Å². The van der Waals surface area contributed by atoms with Crippen molar-refractivity contribution < 1.29 is 4.84 Å². The Morgan fingerprint density at radius 1 is 1.30 bits per heavy atom. The van der Waals surface area contributed by atoms with Crippen LogP contribution >= 0.6 is 0 Å². The summed E-state index contributed by atoms with van der Waals surface area (Å²) >= 11 is 0. The third kappa shape index (κ3) is 2.20. The van der Waals surface area contributed by atoms with Gasteiger partial charge in [-0.05, 0) is 13.1 Å². The van der Waals surface area contributed by atoms with Gasteiger partial charge in [0, 0.05) is 45.3 Å². The first-order valence-electron chi connectivity index (χ1n) is 7.39. The highest BCUT2D eigenvalue weighted by Crippen LogP contribution is 2.32. The summed E-state index contributed by atoms with van der Waals surface area (Å²) in [7, 11) is 0. The number of oxime groups is 1. The summed E-state index contributed by atoms with van der Waals surface area (Å²) in [5.41, 5.74) is 3.42. The van der Waals surface area contributed by atoms with Gasteiger partial charge in [-0.1, -0.05) is 10.4 Å². The van der Waals surface area contributed by atoms with Gasteiger partial charge in [-0.25, -0.2) is 0 Å². The van der Waals surface area contributed by atoms with E-state index in [4.69, 9.17) is 4.84 Å². The molecule has 0 atom stereocenters. The number of aromatic nitrogens is 3. The van der Waals surface area contributed by atoms with E-state index in [0.717, 1.165) is 64.1 Å². The summed E-state index contributed by atoms with van der Waals surface area (Å²) in [5, 5.41) is 18.7. The molecule has 0 aliphatic carbocycles. The smallest absolute Gasteiger partial charge is 0.145 e. The van der Waals surface area contributed by atoms with Crippen molar-refractivity contribution >= 4 is 5.71 Å². The highest BCUT2D eigenvalue weighted by atomic mass is 16.7. The molecule has 0 saturated carbocycles. The summed E-state index contributed by atoms with van der Waals surface area (Å²) in [6, 6.07) is 0. The van der Waals surface area contributed by atoms with Crippen molar-refractivity contribution in [1.82, 2.24) is 25.6 Å². The van der Waals surface area contributed by atoms with Gasteiger partial charge in [-0.15, -0.1) is 5.10 Å². The van der Waals surface area contributed by atoms with Crippen molar-refractivity contribution in [3.05, 3.63) is 11.4 Å². The number of nitrogens with zero attached hydrogens (tertiary/aromatic N) is 4. The van der Waals surface area contributed by atoms with Crippen LogP contribution in [0.3, 0.4) is 0 Å². The molecule has 20 heavy (non-hydrogen) atoms. The minimum Gasteiger partial charge on any atom is -0.389 e. The quantitative estimate of drug-likeness (QED) is 0.798. The lowest BCUT2D eigenvalue weighted by Crippen LogP contribution is -2.43.